The van der Waals surface area contributed by atoms with E-state index in [1.807, 2.05) is 30.3 Å². The van der Waals surface area contributed by atoms with Crippen LogP contribution in [0.15, 0.2) is 35.1 Å². The number of thiophene rings is 1. The minimum atomic E-state index is -0.0413. The molecule has 0 saturated heterocycles. The number of fused-ring (bicyclic) bond motifs is 3. The Morgan fingerprint density at radius 3 is 2.87 bits per heavy atom. The summed E-state index contributed by atoms with van der Waals surface area (Å²) in [7, 11) is 0. The van der Waals surface area contributed by atoms with Crippen molar-refractivity contribution in [3.8, 4) is 5.69 Å². The van der Waals surface area contributed by atoms with Crippen LogP contribution in [0, 0.1) is 0 Å². The maximum Gasteiger partial charge on any atom is 0.268 e. The van der Waals surface area contributed by atoms with Gasteiger partial charge in [0.2, 0.25) is 5.95 Å². The van der Waals surface area contributed by atoms with Gasteiger partial charge in [-0.2, -0.15) is 0 Å². The Labute approximate surface area is 137 Å². The molecule has 1 atom stereocenters. The molecular weight excluding hydrogens is 308 g/mol. The fourth-order valence-electron chi connectivity index (χ4n) is 3.45. The third-order valence-corrected chi connectivity index (χ3v) is 5.68. The summed E-state index contributed by atoms with van der Waals surface area (Å²) in [5.41, 5.74) is 4.50. The number of aromatic nitrogens is 2. The van der Waals surface area contributed by atoms with E-state index in [-0.39, 0.29) is 5.56 Å². The molecule has 0 saturated carbocycles. The summed E-state index contributed by atoms with van der Waals surface area (Å²) in [6.07, 6.45) is 3.34. The van der Waals surface area contributed by atoms with Crippen molar-refractivity contribution in [3.63, 3.8) is 0 Å². The van der Waals surface area contributed by atoms with E-state index in [9.17, 15) is 4.79 Å². The highest BCUT2D eigenvalue weighted by atomic mass is 32.1. The second-order valence-electron chi connectivity index (χ2n) is 5.97. The highest BCUT2D eigenvalue weighted by Crippen LogP contribution is 2.40. The first-order valence-corrected chi connectivity index (χ1v) is 8.62. The Kier molecular flexibility index (Phi) is 3.43. The van der Waals surface area contributed by atoms with Crippen molar-refractivity contribution in [1.29, 1.82) is 0 Å². The Morgan fingerprint density at radius 1 is 1.35 bits per heavy atom. The monoisotopic (exact) mass is 326 g/mol. The van der Waals surface area contributed by atoms with E-state index >= 15 is 0 Å². The normalized spacial score (nSPS) is 17.2. The lowest BCUT2D eigenvalue weighted by Gasteiger charge is -2.18. The van der Waals surface area contributed by atoms with Gasteiger partial charge in [0.05, 0.1) is 11.1 Å². The van der Waals surface area contributed by atoms with Gasteiger partial charge in [0.15, 0.2) is 0 Å². The van der Waals surface area contributed by atoms with Crippen LogP contribution in [-0.2, 0) is 6.42 Å². The summed E-state index contributed by atoms with van der Waals surface area (Å²) < 4.78 is 1.57. The highest BCUT2D eigenvalue weighted by Gasteiger charge is 2.26. The smallest absolute Gasteiger partial charge is 0.268 e. The molecule has 23 heavy (non-hydrogen) atoms. The third kappa shape index (κ3) is 2.17. The lowest BCUT2D eigenvalue weighted by atomic mass is 9.88. The van der Waals surface area contributed by atoms with Gasteiger partial charge in [-0.05, 0) is 42.9 Å². The van der Waals surface area contributed by atoms with Crippen molar-refractivity contribution < 1.29 is 0 Å². The van der Waals surface area contributed by atoms with Crippen LogP contribution in [0.2, 0.25) is 0 Å². The van der Waals surface area contributed by atoms with Gasteiger partial charge in [-0.15, -0.1) is 11.3 Å². The molecule has 6 heteroatoms. The third-order valence-electron chi connectivity index (χ3n) is 4.52. The summed E-state index contributed by atoms with van der Waals surface area (Å²) in [6.45, 7) is 2.20. The average Bonchev–Trinajstić information content (AvgIpc) is 2.95. The Hall–Kier alpha value is -2.18. The molecule has 0 spiro atoms. The van der Waals surface area contributed by atoms with Crippen LogP contribution in [0.5, 0.6) is 0 Å². The van der Waals surface area contributed by atoms with Gasteiger partial charge in [0.25, 0.3) is 5.56 Å². The van der Waals surface area contributed by atoms with Crippen molar-refractivity contribution in [2.75, 3.05) is 5.43 Å². The predicted octanol–water partition coefficient (Wildman–Crippen LogP) is 3.17. The minimum Gasteiger partial charge on any atom is -0.293 e. The topological polar surface area (TPSA) is 72.9 Å². The van der Waals surface area contributed by atoms with Crippen LogP contribution in [0.4, 0.5) is 5.95 Å². The fourth-order valence-corrected chi connectivity index (χ4v) is 4.77. The molecule has 0 fully saturated rings. The molecule has 0 amide bonds. The zero-order valence-corrected chi connectivity index (χ0v) is 13.7. The summed E-state index contributed by atoms with van der Waals surface area (Å²) in [5.74, 6) is 6.41. The van der Waals surface area contributed by atoms with Gasteiger partial charge in [0, 0.05) is 4.88 Å². The standard InChI is InChI=1S/C17H18N4OS/c1-10-6-5-9-12-13(10)14-15(23-12)19-17(20-18)21(16(14)22)11-7-3-2-4-8-11/h2-4,7-8,10H,5-6,9,18H2,1H3,(H,19,20)/t10-/m1/s1. The number of hydrazine groups is 1. The Balaban J connectivity index is 2.09. The van der Waals surface area contributed by atoms with Crippen molar-refractivity contribution in [2.45, 2.75) is 32.1 Å². The summed E-state index contributed by atoms with van der Waals surface area (Å²) in [5, 5.41) is 0.764. The molecule has 0 bridgehead atoms. The fraction of sp³-hybridized carbons (Fsp3) is 0.294. The van der Waals surface area contributed by atoms with Crippen LogP contribution in [0.1, 0.15) is 36.1 Å². The number of aryl methyl sites for hydroxylation is 1. The number of hydrogen-bond donors (Lipinski definition) is 2. The second-order valence-corrected chi connectivity index (χ2v) is 7.05. The van der Waals surface area contributed by atoms with Crippen molar-refractivity contribution in [2.24, 2.45) is 5.84 Å². The number of nitrogens with zero attached hydrogens (tertiary/aromatic N) is 2. The molecule has 118 valence electrons. The van der Waals surface area contributed by atoms with Gasteiger partial charge in [-0.1, -0.05) is 25.1 Å². The molecule has 2 heterocycles. The number of benzene rings is 1. The number of nitrogen functional groups attached to an aromatic ring is 1. The highest BCUT2D eigenvalue weighted by molar-refractivity contribution is 7.18. The zero-order valence-electron chi connectivity index (χ0n) is 12.9. The van der Waals surface area contributed by atoms with Crippen LogP contribution in [0.25, 0.3) is 15.9 Å². The maximum absolute atomic E-state index is 13.2. The number of anilines is 1. The van der Waals surface area contributed by atoms with Crippen molar-refractivity contribution >= 4 is 27.5 Å². The van der Waals surface area contributed by atoms with Crippen molar-refractivity contribution in [3.05, 3.63) is 51.1 Å². The second kappa shape index (κ2) is 5.47. The van der Waals surface area contributed by atoms with E-state index in [2.05, 4.69) is 17.3 Å². The SMILES string of the molecule is C[C@@H]1CCCc2sc3nc(NN)n(-c4ccccc4)c(=O)c3c21. The molecule has 1 aromatic carbocycles. The molecule has 1 aliphatic rings. The minimum absolute atomic E-state index is 0.0413. The summed E-state index contributed by atoms with van der Waals surface area (Å²) in [4.78, 5) is 19.9. The summed E-state index contributed by atoms with van der Waals surface area (Å²) in [6, 6.07) is 9.50. The number of rotatable bonds is 2. The first-order valence-electron chi connectivity index (χ1n) is 7.81. The molecule has 0 aliphatic heterocycles. The molecule has 0 radical (unpaired) electrons. The van der Waals surface area contributed by atoms with E-state index in [4.69, 9.17) is 5.84 Å². The first kappa shape index (κ1) is 14.4. The van der Waals surface area contributed by atoms with Crippen molar-refractivity contribution in [1.82, 2.24) is 9.55 Å². The first-order chi connectivity index (χ1) is 11.2. The van der Waals surface area contributed by atoms with E-state index < -0.39 is 0 Å². The predicted molar refractivity (Wildman–Crippen MR) is 94.4 cm³/mol. The lowest BCUT2D eigenvalue weighted by Crippen LogP contribution is -2.26. The number of nitrogens with two attached hydrogens (primary N) is 1. The quantitative estimate of drug-likeness (QED) is 0.560. The molecule has 2 aromatic heterocycles. The largest absolute Gasteiger partial charge is 0.293 e. The van der Waals surface area contributed by atoms with Crippen LogP contribution in [0.3, 0.4) is 0 Å². The maximum atomic E-state index is 13.2. The van der Waals surface area contributed by atoms with Gasteiger partial charge >= 0.3 is 0 Å². The van der Waals surface area contributed by atoms with Gasteiger partial charge in [-0.3, -0.25) is 10.2 Å². The van der Waals surface area contributed by atoms with Crippen LogP contribution < -0.4 is 16.8 Å². The molecule has 1 aliphatic carbocycles. The number of nitrogens with one attached hydrogen (secondary N) is 1. The molecule has 3 aromatic rings. The molecule has 0 unspecified atom stereocenters. The molecule has 4 rings (SSSR count). The zero-order chi connectivity index (χ0) is 16.0. The van der Waals surface area contributed by atoms with Gasteiger partial charge < -0.3 is 0 Å². The average molecular weight is 326 g/mol. The lowest BCUT2D eigenvalue weighted by molar-refractivity contribution is 0.601. The number of para-hydroxylation sites is 1. The van der Waals surface area contributed by atoms with E-state index in [1.165, 1.54) is 16.9 Å². The van der Waals surface area contributed by atoms with E-state index in [1.54, 1.807) is 15.9 Å². The molecule has 5 nitrogen and oxygen atoms in total. The Bertz CT molecular complexity index is 929. The van der Waals surface area contributed by atoms with E-state index in [0.717, 1.165) is 28.7 Å². The van der Waals surface area contributed by atoms with E-state index in [0.29, 0.717) is 11.9 Å². The number of hydrogen-bond acceptors (Lipinski definition) is 5. The Morgan fingerprint density at radius 2 is 2.13 bits per heavy atom. The molecular formula is C17H18N4OS. The van der Waals surface area contributed by atoms with Crippen LogP contribution >= 0.6 is 11.3 Å². The van der Waals surface area contributed by atoms with Gasteiger partial charge in [-0.25, -0.2) is 15.4 Å². The van der Waals surface area contributed by atoms with Crippen LogP contribution in [-0.4, -0.2) is 9.55 Å². The summed E-state index contributed by atoms with van der Waals surface area (Å²) >= 11 is 1.63. The van der Waals surface area contributed by atoms with Gasteiger partial charge in [0.1, 0.15) is 4.83 Å². The molecule has 3 N–H and O–H groups in total.